The van der Waals surface area contributed by atoms with Crippen molar-refractivity contribution in [3.63, 3.8) is 0 Å². The van der Waals surface area contributed by atoms with Gasteiger partial charge in [0.05, 0.1) is 0 Å². The van der Waals surface area contributed by atoms with E-state index < -0.39 is 0 Å². The molecule has 4 heteroatoms. The van der Waals surface area contributed by atoms with E-state index in [1.807, 2.05) is 0 Å². The Hall–Kier alpha value is 1.16. The molecule has 0 heterocycles. The Labute approximate surface area is 129 Å². The zero-order valence-electron chi connectivity index (χ0n) is 10.4. The SMILES string of the molecule is CC1=[C-]C(C)C(C)=C1C.C[SiH]C.[Cl-].[Cl-].[Zr+3]. The molecule has 0 fully saturated rings. The first-order valence-corrected chi connectivity index (χ1v) is 6.87. The van der Waals surface area contributed by atoms with Crippen LogP contribution < -0.4 is 24.8 Å². The summed E-state index contributed by atoms with van der Waals surface area (Å²) in [4.78, 5) is 0. The van der Waals surface area contributed by atoms with E-state index in [1.54, 1.807) is 0 Å². The van der Waals surface area contributed by atoms with Crippen LogP contribution in [0.4, 0.5) is 0 Å². The molecule has 0 saturated heterocycles. The van der Waals surface area contributed by atoms with Crippen molar-refractivity contribution in [2.45, 2.75) is 40.8 Å². The maximum Gasteiger partial charge on any atom is 3.00 e. The molecule has 0 aromatic heterocycles. The van der Waals surface area contributed by atoms with E-state index in [-0.39, 0.29) is 51.0 Å². The second kappa shape index (κ2) is 13.2. The van der Waals surface area contributed by atoms with Crippen LogP contribution in [0.25, 0.3) is 0 Å². The normalized spacial score (nSPS) is 17.5. The summed E-state index contributed by atoms with van der Waals surface area (Å²) in [6.45, 7) is 13.1. The smallest absolute Gasteiger partial charge is 1.00 e. The number of hydrogen-bond donors (Lipinski definition) is 0. The van der Waals surface area contributed by atoms with E-state index in [0.29, 0.717) is 5.92 Å². The monoisotopic (exact) mass is 340 g/mol. The number of allylic oxidation sites excluding steroid dienone is 4. The van der Waals surface area contributed by atoms with Crippen LogP contribution in [0, 0.1) is 12.0 Å². The van der Waals surface area contributed by atoms with E-state index in [1.165, 1.54) is 16.7 Å². The average molecular weight is 342 g/mol. The first-order chi connectivity index (χ1) is 5.54. The summed E-state index contributed by atoms with van der Waals surface area (Å²) in [6, 6.07) is 0. The van der Waals surface area contributed by atoms with Crippen LogP contribution in [0.15, 0.2) is 16.7 Å². The van der Waals surface area contributed by atoms with Crippen molar-refractivity contribution in [1.82, 2.24) is 0 Å². The van der Waals surface area contributed by atoms with Gasteiger partial charge in [0.15, 0.2) is 0 Å². The Balaban J connectivity index is -0.0000000917. The Kier molecular flexibility index (Phi) is 22.1. The van der Waals surface area contributed by atoms with Gasteiger partial charge < -0.3 is 24.8 Å². The average Bonchev–Trinajstić information content (AvgIpc) is 2.20. The van der Waals surface area contributed by atoms with Gasteiger partial charge in [0, 0.05) is 9.52 Å². The van der Waals surface area contributed by atoms with Crippen LogP contribution >= 0.6 is 0 Å². The molecule has 0 N–H and O–H groups in total. The third-order valence-electron chi connectivity index (χ3n) is 2.24. The molecule has 0 nitrogen and oxygen atoms in total. The van der Waals surface area contributed by atoms with Gasteiger partial charge in [-0.3, -0.25) is 6.08 Å². The molecule has 0 bridgehead atoms. The van der Waals surface area contributed by atoms with Gasteiger partial charge in [-0.25, -0.2) is 5.57 Å². The molecule has 1 rings (SSSR count). The molecule has 0 amide bonds. The predicted molar refractivity (Wildman–Crippen MR) is 58.8 cm³/mol. The van der Waals surface area contributed by atoms with Gasteiger partial charge in [-0.15, -0.1) is 6.92 Å². The van der Waals surface area contributed by atoms with E-state index in [4.69, 9.17) is 0 Å². The van der Waals surface area contributed by atoms with Crippen molar-refractivity contribution in [2.24, 2.45) is 5.92 Å². The van der Waals surface area contributed by atoms with Gasteiger partial charge in [0.2, 0.25) is 0 Å². The third kappa shape index (κ3) is 8.92. The van der Waals surface area contributed by atoms with Crippen molar-refractivity contribution in [2.75, 3.05) is 0 Å². The summed E-state index contributed by atoms with van der Waals surface area (Å²) in [5.41, 5.74) is 4.25. The zero-order chi connectivity index (χ0) is 9.72. The van der Waals surface area contributed by atoms with Gasteiger partial charge in [-0.05, 0) is 0 Å². The standard InChI is InChI=1S/C9H13.C2H7Si.2ClH.Zr/c1-6-5-7(2)9(4)8(6)3;1-3-2;;;/h6H,1-4H3;3H,1-2H3;2*1H;/q-1;;;;+3/p-2. The zero-order valence-corrected chi connectivity index (χ0v) is 15.5. The van der Waals surface area contributed by atoms with Crippen molar-refractivity contribution in [1.29, 1.82) is 0 Å². The quantitative estimate of drug-likeness (QED) is 0.331. The predicted octanol–water partition coefficient (Wildman–Crippen LogP) is -2.75. The largest absolute Gasteiger partial charge is 3.00 e. The summed E-state index contributed by atoms with van der Waals surface area (Å²) in [5, 5.41) is 0. The second-order valence-corrected chi connectivity index (χ2v) is 4.53. The minimum Gasteiger partial charge on any atom is -1.00 e. The molecule has 0 aliphatic heterocycles. The van der Waals surface area contributed by atoms with Gasteiger partial charge in [-0.2, -0.15) is 11.1 Å². The second-order valence-electron chi connectivity index (χ2n) is 3.38. The molecule has 1 aliphatic carbocycles. The molecule has 0 saturated carbocycles. The molecular formula is C11H20Cl2SiZr. The maximum atomic E-state index is 3.36. The fourth-order valence-electron chi connectivity index (χ4n) is 1.16. The fourth-order valence-corrected chi connectivity index (χ4v) is 1.16. The van der Waals surface area contributed by atoms with Crippen molar-refractivity contribution < 1.29 is 51.0 Å². The molecule has 0 spiro atoms. The van der Waals surface area contributed by atoms with Crippen molar-refractivity contribution >= 4 is 9.52 Å². The van der Waals surface area contributed by atoms with Gasteiger partial charge in [-0.1, -0.05) is 39.8 Å². The summed E-state index contributed by atoms with van der Waals surface area (Å²) >= 11 is 0. The van der Waals surface area contributed by atoms with Gasteiger partial charge in [0.25, 0.3) is 0 Å². The Morgan fingerprint density at radius 2 is 1.40 bits per heavy atom. The Morgan fingerprint density at radius 3 is 1.47 bits per heavy atom. The Morgan fingerprint density at radius 1 is 1.07 bits per heavy atom. The summed E-state index contributed by atoms with van der Waals surface area (Å²) < 4.78 is 0. The number of rotatable bonds is 0. The van der Waals surface area contributed by atoms with E-state index >= 15 is 0 Å². The molecular weight excluding hydrogens is 322 g/mol. The molecule has 0 aromatic rings. The topological polar surface area (TPSA) is 0 Å². The molecule has 1 atom stereocenters. The first kappa shape index (κ1) is 25.1. The Bertz CT molecular complexity index is 213. The summed E-state index contributed by atoms with van der Waals surface area (Å²) in [6.07, 6.45) is 3.36. The van der Waals surface area contributed by atoms with E-state index in [0.717, 1.165) is 9.52 Å². The number of hydrogen-bond acceptors (Lipinski definition) is 0. The van der Waals surface area contributed by atoms with Crippen molar-refractivity contribution in [3.8, 4) is 0 Å². The first-order valence-electron chi connectivity index (χ1n) is 4.56. The van der Waals surface area contributed by atoms with E-state index in [2.05, 4.69) is 46.9 Å². The maximum absolute atomic E-state index is 3.36. The van der Waals surface area contributed by atoms with Crippen molar-refractivity contribution in [3.05, 3.63) is 22.8 Å². The van der Waals surface area contributed by atoms with E-state index in [9.17, 15) is 0 Å². The van der Waals surface area contributed by atoms with Crippen LogP contribution in [-0.4, -0.2) is 9.52 Å². The van der Waals surface area contributed by atoms with Crippen LogP contribution in [0.3, 0.4) is 0 Å². The summed E-state index contributed by atoms with van der Waals surface area (Å²) in [7, 11) is 0.750. The summed E-state index contributed by atoms with van der Waals surface area (Å²) in [5.74, 6) is 0.560. The molecule has 2 radical (unpaired) electrons. The minimum atomic E-state index is 0. The molecule has 1 unspecified atom stereocenters. The van der Waals surface area contributed by atoms with Gasteiger partial charge in [0.1, 0.15) is 0 Å². The minimum absolute atomic E-state index is 0. The van der Waals surface area contributed by atoms with Gasteiger partial charge >= 0.3 is 26.2 Å². The fraction of sp³-hybridized carbons (Fsp3) is 0.636. The molecule has 0 aromatic carbocycles. The van der Waals surface area contributed by atoms with Crippen LogP contribution in [0.2, 0.25) is 13.1 Å². The van der Waals surface area contributed by atoms with Crippen LogP contribution in [0.1, 0.15) is 27.7 Å². The molecule has 1 aliphatic rings. The molecule has 86 valence electrons. The third-order valence-corrected chi connectivity index (χ3v) is 2.24. The molecule has 15 heavy (non-hydrogen) atoms. The van der Waals surface area contributed by atoms with Crippen LogP contribution in [-0.2, 0) is 26.2 Å². The van der Waals surface area contributed by atoms with Crippen LogP contribution in [0.5, 0.6) is 0 Å². The number of halogens is 2.